The summed E-state index contributed by atoms with van der Waals surface area (Å²) in [6, 6.07) is 0. The molecule has 0 heterocycles. The lowest BCUT2D eigenvalue weighted by molar-refractivity contribution is -1.63. The van der Waals surface area contributed by atoms with Crippen LogP contribution in [0.4, 0.5) is 0 Å². The molecule has 8 nitrogen and oxygen atoms in total. The highest BCUT2D eigenvalue weighted by atomic mass is 127. The minimum Gasteiger partial charge on any atom is -2.00 e. The minimum absolute atomic E-state index is 0. The van der Waals surface area contributed by atoms with Gasteiger partial charge in [-0.1, -0.05) is 0 Å². The zero-order chi connectivity index (χ0) is 7.15. The monoisotopic (exact) mass is 255 g/mol. The smallest absolute Gasteiger partial charge is 0.503 e. The third kappa shape index (κ3) is 4890. The maximum Gasteiger partial charge on any atom is 0.503 e. The van der Waals surface area contributed by atoms with E-state index >= 15 is 0 Å². The van der Waals surface area contributed by atoms with Crippen LogP contribution in [0.1, 0.15) is 0 Å². The summed E-state index contributed by atoms with van der Waals surface area (Å²) >= 11 is -3.76. The highest BCUT2D eigenvalue weighted by Crippen LogP contribution is 1.38. The molecule has 0 atom stereocenters. The van der Waals surface area contributed by atoms with Gasteiger partial charge in [0.1, 0.15) is 0 Å². The summed E-state index contributed by atoms with van der Waals surface area (Å²) in [5.41, 5.74) is 0. The van der Waals surface area contributed by atoms with Crippen molar-refractivity contribution in [3.8, 4) is 0 Å². The van der Waals surface area contributed by atoms with E-state index in [0.29, 0.717) is 0 Å². The Kier molecular flexibility index (Phi) is 18.9. The van der Waals surface area contributed by atoms with Crippen LogP contribution in [-0.4, -0.2) is 13.7 Å². The third-order valence-electron chi connectivity index (χ3n) is 0. The fourth-order valence-corrected chi connectivity index (χ4v) is 0. The molecule has 0 spiro atoms. The second kappa shape index (κ2) is 10.7. The normalized spacial score (nSPS) is 6.67. The van der Waals surface area contributed by atoms with Crippen LogP contribution in [0.15, 0.2) is 0 Å². The van der Waals surface area contributed by atoms with Gasteiger partial charge >= 0.3 is 21.1 Å². The number of hydrogen-bond acceptors (Lipinski definition) is 5. The second-order valence-corrected chi connectivity index (χ2v) is 1.59. The quantitative estimate of drug-likeness (QED) is 0.248. The van der Waals surface area contributed by atoms with Crippen molar-refractivity contribution in [2.75, 3.05) is 0 Å². The molecule has 0 fully saturated rings. The van der Waals surface area contributed by atoms with Crippen molar-refractivity contribution < 1.29 is 47.1 Å². The molecule has 0 bridgehead atoms. The molecule has 0 aromatic carbocycles. The minimum atomic E-state index is -3.76. The van der Waals surface area contributed by atoms with Crippen molar-refractivity contribution in [2.24, 2.45) is 0 Å². The van der Waals surface area contributed by atoms with Gasteiger partial charge in [-0.2, -0.15) is 0 Å². The van der Waals surface area contributed by atoms with Gasteiger partial charge in [-0.15, -0.1) is 10.1 Å². The van der Waals surface area contributed by atoms with Gasteiger partial charge in [0.15, 0.2) is 0 Å². The standard InChI is InChI=1S/HIO3.HNO3.O/c2*2-1(3)4;/h2H;(H,2,3,4);/q;;-2. The molecule has 0 aliphatic rings. The third-order valence-corrected chi connectivity index (χ3v) is 0. The van der Waals surface area contributed by atoms with Crippen LogP contribution in [0.2, 0.25) is 0 Å². The molecule has 0 unspecified atom stereocenters. The van der Waals surface area contributed by atoms with E-state index in [1.165, 1.54) is 0 Å². The fraction of sp³-hybridized carbons (Fsp3) is 0. The van der Waals surface area contributed by atoms with E-state index in [1.54, 1.807) is 0 Å². The van der Waals surface area contributed by atoms with Crippen LogP contribution in [0.5, 0.6) is 0 Å². The van der Waals surface area contributed by atoms with Crippen molar-refractivity contribution in [3.63, 3.8) is 0 Å². The van der Waals surface area contributed by atoms with Gasteiger partial charge in [-0.25, -0.2) is 0 Å². The summed E-state index contributed by atoms with van der Waals surface area (Å²) in [6.45, 7) is 0. The molecule has 0 aliphatic heterocycles. The first-order chi connectivity index (χ1) is 3.46. The number of hydrogen-bond donors (Lipinski definition) is 2. The average molecular weight is 255 g/mol. The van der Waals surface area contributed by atoms with Crippen LogP contribution in [-0.2, 0) is 5.48 Å². The summed E-state index contributed by atoms with van der Waals surface area (Å²) in [5.74, 6) is 0. The molecule has 9 heavy (non-hydrogen) atoms. The number of halogens is 1. The molecule has 2 N–H and O–H groups in total. The van der Waals surface area contributed by atoms with Crippen LogP contribution in [0, 0.1) is 10.1 Å². The summed E-state index contributed by atoms with van der Waals surface area (Å²) < 4.78 is 24.5. The topological polar surface area (TPSA) is 158 Å². The van der Waals surface area contributed by atoms with E-state index in [2.05, 4.69) is 0 Å². The predicted octanol–water partition coefficient (Wildman–Crippen LogP) is -6.40. The van der Waals surface area contributed by atoms with E-state index in [0.717, 1.165) is 0 Å². The Balaban J connectivity index is -0.0000000720. The largest absolute Gasteiger partial charge is 2.00 e. The first-order valence-corrected chi connectivity index (χ1v) is 3.77. The first-order valence-electron chi connectivity index (χ1n) is 1.04. The van der Waals surface area contributed by atoms with Gasteiger partial charge in [-0.3, -0.25) is 0 Å². The molecule has 0 radical (unpaired) electrons. The van der Waals surface area contributed by atoms with Gasteiger partial charge in [0.25, 0.3) is 5.09 Å². The lowest BCUT2D eigenvalue weighted by Crippen LogP contribution is -3.98. The van der Waals surface area contributed by atoms with Gasteiger partial charge in [0, 0.05) is 0 Å². The molecular weight excluding hydrogens is 253 g/mol. The Morgan fingerprint density at radius 1 is 1.44 bits per heavy atom. The molecule has 0 amide bonds. The Morgan fingerprint density at radius 2 is 1.44 bits per heavy atom. The van der Waals surface area contributed by atoms with E-state index in [-0.39, 0.29) is 5.48 Å². The molecule has 0 aromatic rings. The number of nitrogens with zero attached hydrogens (tertiary/aromatic N) is 1. The van der Waals surface area contributed by atoms with Crippen molar-refractivity contribution in [1.82, 2.24) is 0 Å². The molecular formula is H2INO7-2. The fourth-order valence-electron chi connectivity index (χ4n) is 0. The summed E-state index contributed by atoms with van der Waals surface area (Å²) in [4.78, 5) is 8.36. The zero-order valence-electron chi connectivity index (χ0n) is 3.76. The van der Waals surface area contributed by atoms with Crippen molar-refractivity contribution in [2.45, 2.75) is 0 Å². The van der Waals surface area contributed by atoms with E-state index in [1.807, 2.05) is 0 Å². The van der Waals surface area contributed by atoms with Crippen LogP contribution in [0.25, 0.3) is 0 Å². The highest BCUT2D eigenvalue weighted by molar-refractivity contribution is 3.83. The summed E-state index contributed by atoms with van der Waals surface area (Å²) in [6.07, 6.45) is 0. The van der Waals surface area contributed by atoms with E-state index in [9.17, 15) is 0 Å². The van der Waals surface area contributed by atoms with E-state index in [4.69, 9.17) is 25.6 Å². The van der Waals surface area contributed by atoms with Crippen LogP contribution >= 0.6 is 0 Å². The SMILES string of the molecule is O=[N+]([O-])O.[O-2].[O-][I+2]([O-])O. The van der Waals surface area contributed by atoms with E-state index < -0.39 is 26.2 Å². The average Bonchev–Trinajstić information content (AvgIpc) is 1.25. The molecule has 9 heteroatoms. The second-order valence-electron chi connectivity index (χ2n) is 0.439. The Labute approximate surface area is 57.8 Å². The maximum atomic E-state index is 8.68. The number of rotatable bonds is 0. The lowest BCUT2D eigenvalue weighted by Gasteiger charge is -2.00. The molecule has 0 rings (SSSR count). The Morgan fingerprint density at radius 3 is 1.44 bits per heavy atom. The molecule has 0 saturated carbocycles. The summed E-state index contributed by atoms with van der Waals surface area (Å²) in [5, 5.41) is 13.6. The Bertz CT molecular complexity index is 53.2. The zero-order valence-corrected chi connectivity index (χ0v) is 5.92. The Hall–Kier alpha value is -0.230. The van der Waals surface area contributed by atoms with Crippen molar-refractivity contribution in [1.29, 1.82) is 0 Å². The maximum absolute atomic E-state index is 8.68. The van der Waals surface area contributed by atoms with Gasteiger partial charge in [-0.05, 0) is 3.44 Å². The van der Waals surface area contributed by atoms with Gasteiger partial charge in [0.05, 0.1) is 0 Å². The molecule has 0 saturated heterocycles. The van der Waals surface area contributed by atoms with Crippen LogP contribution in [0.3, 0.4) is 0 Å². The van der Waals surface area contributed by atoms with Gasteiger partial charge in [0.2, 0.25) is 0 Å². The molecule has 58 valence electrons. The van der Waals surface area contributed by atoms with Crippen LogP contribution < -0.4 is 27.9 Å². The molecule has 0 aliphatic carbocycles. The lowest BCUT2D eigenvalue weighted by atomic mass is 13.1. The van der Waals surface area contributed by atoms with Crippen molar-refractivity contribution in [3.05, 3.63) is 10.1 Å². The summed E-state index contributed by atoms with van der Waals surface area (Å²) in [7, 11) is 0. The highest BCUT2D eigenvalue weighted by Gasteiger charge is 1.89. The van der Waals surface area contributed by atoms with Crippen molar-refractivity contribution >= 4 is 0 Å². The molecule has 0 aromatic heterocycles. The first kappa shape index (κ1) is 15.9. The predicted molar refractivity (Wildman–Crippen MR) is 11.7 cm³/mol. The van der Waals surface area contributed by atoms with Gasteiger partial charge < -0.3 is 17.6 Å².